The van der Waals surface area contributed by atoms with Gasteiger partial charge in [-0.3, -0.25) is 4.79 Å². The maximum Gasteiger partial charge on any atom is 0.318 e. The third kappa shape index (κ3) is 5.06. The number of fused-ring (bicyclic) bond motifs is 1. The fraction of sp³-hybridized carbons (Fsp3) is 0.565. The van der Waals surface area contributed by atoms with Gasteiger partial charge in [-0.15, -0.1) is 10.2 Å². The Bertz CT molecular complexity index is 902. The highest BCUT2D eigenvalue weighted by atomic mass is 16.2. The van der Waals surface area contributed by atoms with E-state index in [4.69, 9.17) is 0 Å². The number of piperidine rings is 1. The number of amides is 3. The summed E-state index contributed by atoms with van der Waals surface area (Å²) in [4.78, 5) is 28.7. The molecule has 1 N–H and O–H groups in total. The average Bonchev–Trinajstić information content (AvgIpc) is 3.21. The lowest BCUT2D eigenvalue weighted by Crippen LogP contribution is -2.44. The Labute approximate surface area is 183 Å². The maximum absolute atomic E-state index is 12.6. The minimum Gasteiger partial charge on any atom is -0.343 e. The van der Waals surface area contributed by atoms with Crippen molar-refractivity contribution in [3.63, 3.8) is 0 Å². The van der Waals surface area contributed by atoms with Crippen molar-refractivity contribution in [3.05, 3.63) is 47.5 Å². The van der Waals surface area contributed by atoms with Crippen LogP contribution in [0, 0.1) is 5.92 Å². The van der Waals surface area contributed by atoms with E-state index in [2.05, 4.69) is 33.9 Å². The second kappa shape index (κ2) is 9.49. The summed E-state index contributed by atoms with van der Waals surface area (Å²) < 4.78 is 2.18. The summed E-state index contributed by atoms with van der Waals surface area (Å²) in [6.45, 7) is 8.07. The van der Waals surface area contributed by atoms with Crippen LogP contribution in [0.1, 0.15) is 56.2 Å². The molecule has 0 spiro atoms. The number of nitrogens with one attached hydrogen (secondary N) is 1. The van der Waals surface area contributed by atoms with Crippen molar-refractivity contribution in [2.24, 2.45) is 5.92 Å². The first-order valence-electron chi connectivity index (χ1n) is 11.3. The van der Waals surface area contributed by atoms with Gasteiger partial charge in [-0.25, -0.2) is 4.79 Å². The molecule has 4 rings (SSSR count). The molecule has 1 aromatic heterocycles. The molecule has 31 heavy (non-hydrogen) atoms. The molecule has 2 aliphatic heterocycles. The number of nitrogens with zero attached hydrogens (tertiary/aromatic N) is 5. The zero-order valence-electron chi connectivity index (χ0n) is 18.5. The zero-order valence-corrected chi connectivity index (χ0v) is 18.5. The Balaban J connectivity index is 1.31. The first-order chi connectivity index (χ1) is 15.0. The highest BCUT2D eigenvalue weighted by molar-refractivity contribution is 5.76. The van der Waals surface area contributed by atoms with E-state index < -0.39 is 0 Å². The molecule has 3 heterocycles. The zero-order chi connectivity index (χ0) is 21.8. The second-order valence-corrected chi connectivity index (χ2v) is 8.94. The van der Waals surface area contributed by atoms with Gasteiger partial charge < -0.3 is 19.7 Å². The molecule has 2 aromatic rings. The summed E-state index contributed by atoms with van der Waals surface area (Å²) in [5, 5.41) is 11.9. The van der Waals surface area contributed by atoms with E-state index in [1.54, 1.807) is 4.90 Å². The van der Waals surface area contributed by atoms with Crippen LogP contribution >= 0.6 is 0 Å². The number of aromatic nitrogens is 3. The molecular formula is C23H32N6O2. The van der Waals surface area contributed by atoms with Crippen molar-refractivity contribution in [2.45, 2.75) is 58.7 Å². The first kappa shape index (κ1) is 21.3. The fourth-order valence-electron chi connectivity index (χ4n) is 4.41. The molecule has 0 saturated carbocycles. The summed E-state index contributed by atoms with van der Waals surface area (Å²) in [7, 11) is 0. The van der Waals surface area contributed by atoms with E-state index >= 15 is 0 Å². The van der Waals surface area contributed by atoms with Crippen LogP contribution < -0.4 is 5.32 Å². The number of hydrogen-bond acceptors (Lipinski definition) is 4. The van der Waals surface area contributed by atoms with Gasteiger partial charge in [0.1, 0.15) is 5.82 Å². The van der Waals surface area contributed by atoms with Gasteiger partial charge in [0.15, 0.2) is 5.82 Å². The molecule has 0 atom stereocenters. The number of likely N-dealkylation sites (tertiary alicyclic amines) is 1. The SMILES string of the molecule is CC(C)CC(=O)N1CCC(c2nnc3n2CCN(C(=O)NCc2ccccc2)C3)CC1. The molecule has 1 fully saturated rings. The predicted octanol–water partition coefficient (Wildman–Crippen LogP) is 2.76. The van der Waals surface area contributed by atoms with Gasteiger partial charge in [-0.1, -0.05) is 44.2 Å². The minimum atomic E-state index is -0.0726. The van der Waals surface area contributed by atoms with Crippen molar-refractivity contribution in [2.75, 3.05) is 19.6 Å². The lowest BCUT2D eigenvalue weighted by molar-refractivity contribution is -0.133. The summed E-state index contributed by atoms with van der Waals surface area (Å²) in [6, 6.07) is 9.83. The molecule has 166 valence electrons. The van der Waals surface area contributed by atoms with Crippen molar-refractivity contribution >= 4 is 11.9 Å². The molecule has 0 unspecified atom stereocenters. The van der Waals surface area contributed by atoms with Crippen molar-refractivity contribution < 1.29 is 9.59 Å². The third-order valence-corrected chi connectivity index (χ3v) is 6.15. The number of rotatable bonds is 5. The summed E-state index contributed by atoms with van der Waals surface area (Å²) in [5.41, 5.74) is 1.08. The van der Waals surface area contributed by atoms with Gasteiger partial charge in [-0.2, -0.15) is 0 Å². The van der Waals surface area contributed by atoms with Crippen molar-refractivity contribution in [3.8, 4) is 0 Å². The van der Waals surface area contributed by atoms with Gasteiger partial charge in [-0.05, 0) is 24.3 Å². The molecular weight excluding hydrogens is 392 g/mol. The molecule has 2 aliphatic rings. The largest absolute Gasteiger partial charge is 0.343 e. The monoisotopic (exact) mass is 424 g/mol. The summed E-state index contributed by atoms with van der Waals surface area (Å²) in [5.74, 6) is 2.82. The van der Waals surface area contributed by atoms with Crippen molar-refractivity contribution in [1.82, 2.24) is 29.9 Å². The Kier molecular flexibility index (Phi) is 6.53. The Morgan fingerprint density at radius 2 is 1.77 bits per heavy atom. The van der Waals surface area contributed by atoms with Crippen LogP contribution in [0.3, 0.4) is 0 Å². The van der Waals surface area contributed by atoms with Crippen LogP contribution in [0.25, 0.3) is 0 Å². The van der Waals surface area contributed by atoms with Gasteiger partial charge >= 0.3 is 6.03 Å². The molecule has 8 nitrogen and oxygen atoms in total. The highest BCUT2D eigenvalue weighted by Gasteiger charge is 2.31. The topological polar surface area (TPSA) is 83.4 Å². The number of carbonyl (C=O) groups is 2. The Morgan fingerprint density at radius 3 is 2.48 bits per heavy atom. The van der Waals surface area contributed by atoms with Crippen LogP contribution in [0.4, 0.5) is 4.79 Å². The normalized spacial score (nSPS) is 17.0. The number of hydrogen-bond donors (Lipinski definition) is 1. The first-order valence-corrected chi connectivity index (χ1v) is 11.3. The van der Waals surface area contributed by atoms with Gasteiger partial charge in [0.05, 0.1) is 6.54 Å². The van der Waals surface area contributed by atoms with E-state index in [9.17, 15) is 9.59 Å². The lowest BCUT2D eigenvalue weighted by Gasteiger charge is -2.33. The van der Waals surface area contributed by atoms with E-state index in [1.807, 2.05) is 35.2 Å². The quantitative estimate of drug-likeness (QED) is 0.800. The average molecular weight is 425 g/mol. The standard InChI is InChI=1S/C23H32N6O2/c1-17(2)14-21(30)27-10-8-19(9-11-27)22-26-25-20-16-28(12-13-29(20)22)23(31)24-15-18-6-4-3-5-7-18/h3-7,17,19H,8-16H2,1-2H3,(H,24,31). The lowest BCUT2D eigenvalue weighted by atomic mass is 9.95. The van der Waals surface area contributed by atoms with Crippen LogP contribution in [-0.4, -0.2) is 56.1 Å². The highest BCUT2D eigenvalue weighted by Crippen LogP contribution is 2.29. The second-order valence-electron chi connectivity index (χ2n) is 8.94. The Morgan fingerprint density at radius 1 is 1.03 bits per heavy atom. The molecule has 1 aromatic carbocycles. The van der Waals surface area contributed by atoms with Crippen LogP contribution in [0.15, 0.2) is 30.3 Å². The summed E-state index contributed by atoms with van der Waals surface area (Å²) >= 11 is 0. The fourth-order valence-corrected chi connectivity index (χ4v) is 4.41. The molecule has 1 saturated heterocycles. The molecule has 3 amide bonds. The molecule has 8 heteroatoms. The van der Waals surface area contributed by atoms with Crippen LogP contribution in [0.5, 0.6) is 0 Å². The van der Waals surface area contributed by atoms with Crippen LogP contribution in [-0.2, 0) is 24.4 Å². The maximum atomic E-state index is 12.6. The van der Waals surface area contributed by atoms with Crippen LogP contribution in [0.2, 0.25) is 0 Å². The molecule has 0 aliphatic carbocycles. The third-order valence-electron chi connectivity index (χ3n) is 6.15. The van der Waals surface area contributed by atoms with E-state index in [0.717, 1.165) is 43.1 Å². The summed E-state index contributed by atoms with van der Waals surface area (Å²) in [6.07, 6.45) is 2.46. The number of benzene rings is 1. The Hall–Kier alpha value is -2.90. The van der Waals surface area contributed by atoms with Crippen molar-refractivity contribution in [1.29, 1.82) is 0 Å². The molecule has 0 radical (unpaired) electrons. The predicted molar refractivity (Wildman–Crippen MR) is 117 cm³/mol. The van der Waals surface area contributed by atoms with Gasteiger partial charge in [0.2, 0.25) is 5.91 Å². The van der Waals surface area contributed by atoms with Gasteiger partial charge in [0.25, 0.3) is 0 Å². The van der Waals surface area contributed by atoms with E-state index in [-0.39, 0.29) is 11.9 Å². The minimum absolute atomic E-state index is 0.0726. The van der Waals surface area contributed by atoms with Gasteiger partial charge in [0, 0.05) is 45.1 Å². The van der Waals surface area contributed by atoms with E-state index in [0.29, 0.717) is 44.4 Å². The number of urea groups is 1. The molecule has 0 bridgehead atoms. The smallest absolute Gasteiger partial charge is 0.318 e. The number of carbonyl (C=O) groups excluding carboxylic acids is 2. The van der Waals surface area contributed by atoms with E-state index in [1.165, 1.54) is 0 Å².